The first-order valence-electron chi connectivity index (χ1n) is 7.05. The van der Waals surface area contributed by atoms with Crippen LogP contribution in [0.1, 0.15) is 5.56 Å². The number of nitrogens with zero attached hydrogens (tertiary/aromatic N) is 3. The molecule has 1 unspecified atom stereocenters. The molecule has 0 fully saturated rings. The molecule has 4 rings (SSSR count). The molecule has 5 nitrogen and oxygen atoms in total. The monoisotopic (exact) mass is 423 g/mol. The third-order valence-electron chi connectivity index (χ3n) is 3.68. The molecule has 0 aliphatic heterocycles. The Labute approximate surface area is 153 Å². The summed E-state index contributed by atoms with van der Waals surface area (Å²) in [6.45, 7) is 0.554. The van der Waals surface area contributed by atoms with Crippen molar-refractivity contribution in [3.8, 4) is 0 Å². The van der Waals surface area contributed by atoms with Crippen LogP contribution in [-0.4, -0.2) is 25.0 Å². The predicted molar refractivity (Wildman–Crippen MR) is 97.9 cm³/mol. The molecule has 2 heterocycles. The Morgan fingerprint density at radius 2 is 2.04 bits per heavy atom. The fraction of sp³-hybridized carbons (Fsp3) is 0.125. The highest BCUT2D eigenvalue weighted by Crippen LogP contribution is 2.25. The minimum absolute atomic E-state index is 0.234. The van der Waals surface area contributed by atoms with Gasteiger partial charge in [-0.15, -0.1) is 0 Å². The zero-order valence-corrected chi connectivity index (χ0v) is 15.7. The second kappa shape index (κ2) is 5.98. The van der Waals surface area contributed by atoms with E-state index in [0.717, 1.165) is 21.1 Å². The van der Waals surface area contributed by atoms with Gasteiger partial charge in [-0.05, 0) is 47.5 Å². The van der Waals surface area contributed by atoms with E-state index in [-0.39, 0.29) is 5.22 Å². The van der Waals surface area contributed by atoms with Crippen LogP contribution in [0.3, 0.4) is 0 Å². The maximum Gasteiger partial charge on any atom is 0.287 e. The van der Waals surface area contributed by atoms with Crippen LogP contribution in [0.25, 0.3) is 22.1 Å². The van der Waals surface area contributed by atoms with E-state index in [2.05, 4.69) is 25.9 Å². The minimum Gasteiger partial charge on any atom is -0.430 e. The van der Waals surface area contributed by atoms with Crippen molar-refractivity contribution in [3.63, 3.8) is 0 Å². The highest BCUT2D eigenvalue weighted by Gasteiger charge is 2.12. The van der Waals surface area contributed by atoms with Crippen molar-refractivity contribution < 1.29 is 8.63 Å². The fourth-order valence-corrected chi connectivity index (χ4v) is 3.60. The number of aromatic nitrogens is 3. The van der Waals surface area contributed by atoms with E-state index in [4.69, 9.17) is 16.0 Å². The zero-order valence-electron chi connectivity index (χ0n) is 12.5. The van der Waals surface area contributed by atoms with E-state index in [9.17, 15) is 4.21 Å². The van der Waals surface area contributed by atoms with Crippen LogP contribution in [-0.2, 0) is 17.3 Å². The SMILES string of the molecule is CS(=O)c1nc2ccc(Cn3c(Cl)nc4cc(Br)ccc43)cc2o1. The first-order valence-corrected chi connectivity index (χ1v) is 9.78. The third-order valence-corrected chi connectivity index (χ3v) is 5.13. The molecular weight excluding hydrogens is 414 g/mol. The topological polar surface area (TPSA) is 60.9 Å². The Balaban J connectivity index is 1.76. The molecule has 2 aromatic heterocycles. The fourth-order valence-electron chi connectivity index (χ4n) is 2.58. The summed E-state index contributed by atoms with van der Waals surface area (Å²) in [5, 5.41) is 0.661. The van der Waals surface area contributed by atoms with Gasteiger partial charge in [0.05, 0.1) is 17.6 Å². The number of benzene rings is 2. The predicted octanol–water partition coefficient (Wildman–Crippen LogP) is 4.38. The molecule has 0 aliphatic carbocycles. The standard InChI is InChI=1S/C16H11BrClN3O2S/c1-24(22)16-20-11-4-2-9(6-14(11)23-16)8-21-13-5-3-10(17)7-12(13)19-15(21)18/h2-7H,8H2,1H3. The normalized spacial score (nSPS) is 13.0. The summed E-state index contributed by atoms with van der Waals surface area (Å²) in [5.41, 5.74) is 4.08. The van der Waals surface area contributed by atoms with E-state index in [0.29, 0.717) is 22.9 Å². The van der Waals surface area contributed by atoms with Gasteiger partial charge in [0.1, 0.15) is 16.3 Å². The Kier molecular flexibility index (Phi) is 3.94. The number of fused-ring (bicyclic) bond motifs is 2. The highest BCUT2D eigenvalue weighted by atomic mass is 79.9. The van der Waals surface area contributed by atoms with Gasteiger partial charge in [-0.2, -0.15) is 0 Å². The van der Waals surface area contributed by atoms with E-state index < -0.39 is 10.8 Å². The van der Waals surface area contributed by atoms with Gasteiger partial charge in [0.2, 0.25) is 5.28 Å². The second-order valence-corrected chi connectivity index (χ2v) is 7.85. The summed E-state index contributed by atoms with van der Waals surface area (Å²) in [4.78, 5) is 8.59. The molecule has 0 amide bonds. The highest BCUT2D eigenvalue weighted by molar-refractivity contribution is 9.10. The molecule has 24 heavy (non-hydrogen) atoms. The van der Waals surface area contributed by atoms with Crippen molar-refractivity contribution in [2.75, 3.05) is 6.26 Å². The number of oxazole rings is 1. The van der Waals surface area contributed by atoms with Gasteiger partial charge in [-0.1, -0.05) is 22.0 Å². The van der Waals surface area contributed by atoms with Gasteiger partial charge in [-0.3, -0.25) is 0 Å². The molecule has 0 aliphatic rings. The molecule has 0 saturated carbocycles. The Hall–Kier alpha value is -1.70. The molecule has 1 atom stereocenters. The first kappa shape index (κ1) is 15.8. The maximum atomic E-state index is 11.5. The number of rotatable bonds is 3. The van der Waals surface area contributed by atoms with Crippen LogP contribution in [0.2, 0.25) is 5.28 Å². The lowest BCUT2D eigenvalue weighted by atomic mass is 10.2. The molecule has 8 heteroatoms. The summed E-state index contributed by atoms with van der Waals surface area (Å²) >= 11 is 9.73. The molecule has 122 valence electrons. The van der Waals surface area contributed by atoms with E-state index >= 15 is 0 Å². The quantitative estimate of drug-likeness (QED) is 0.490. The lowest BCUT2D eigenvalue weighted by Crippen LogP contribution is -1.99. The van der Waals surface area contributed by atoms with Crippen LogP contribution < -0.4 is 0 Å². The molecule has 4 aromatic rings. The zero-order chi connectivity index (χ0) is 16.8. The van der Waals surface area contributed by atoms with Gasteiger partial charge < -0.3 is 8.98 Å². The molecule has 0 saturated heterocycles. The van der Waals surface area contributed by atoms with Crippen LogP contribution in [0.15, 0.2) is 50.5 Å². The molecule has 0 radical (unpaired) electrons. The number of imidazole rings is 1. The van der Waals surface area contributed by atoms with Crippen molar-refractivity contribution in [2.24, 2.45) is 0 Å². The van der Waals surface area contributed by atoms with Gasteiger partial charge in [0.25, 0.3) is 5.22 Å². The average molecular weight is 425 g/mol. The summed E-state index contributed by atoms with van der Waals surface area (Å²) in [6.07, 6.45) is 1.54. The molecule has 0 spiro atoms. The van der Waals surface area contributed by atoms with Gasteiger partial charge >= 0.3 is 0 Å². The summed E-state index contributed by atoms with van der Waals surface area (Å²) in [7, 11) is -1.24. The first-order chi connectivity index (χ1) is 11.5. The van der Waals surface area contributed by atoms with Gasteiger partial charge in [0.15, 0.2) is 5.58 Å². The minimum atomic E-state index is -1.24. The molecular formula is C16H11BrClN3O2S. The van der Waals surface area contributed by atoms with Crippen molar-refractivity contribution in [1.82, 2.24) is 14.5 Å². The van der Waals surface area contributed by atoms with E-state index in [1.54, 1.807) is 6.26 Å². The van der Waals surface area contributed by atoms with Crippen molar-refractivity contribution in [3.05, 3.63) is 51.7 Å². The lowest BCUT2D eigenvalue weighted by Gasteiger charge is -2.06. The largest absolute Gasteiger partial charge is 0.430 e. The summed E-state index contributed by atoms with van der Waals surface area (Å²) < 4.78 is 19.9. The van der Waals surface area contributed by atoms with E-state index in [1.807, 2.05) is 41.0 Å². The van der Waals surface area contributed by atoms with Gasteiger partial charge in [-0.25, -0.2) is 14.2 Å². The van der Waals surface area contributed by atoms with Crippen LogP contribution >= 0.6 is 27.5 Å². The van der Waals surface area contributed by atoms with E-state index in [1.165, 1.54) is 0 Å². The molecule has 0 bridgehead atoms. The van der Waals surface area contributed by atoms with Gasteiger partial charge in [0, 0.05) is 10.7 Å². The summed E-state index contributed by atoms with van der Waals surface area (Å²) in [6, 6.07) is 11.6. The molecule has 0 N–H and O–H groups in total. The smallest absolute Gasteiger partial charge is 0.287 e. The van der Waals surface area contributed by atoms with Crippen molar-refractivity contribution in [1.29, 1.82) is 0 Å². The Bertz CT molecular complexity index is 1110. The Morgan fingerprint density at radius 3 is 2.83 bits per heavy atom. The third kappa shape index (κ3) is 2.76. The number of hydrogen-bond donors (Lipinski definition) is 0. The average Bonchev–Trinajstić information content (AvgIpc) is 3.08. The number of hydrogen-bond acceptors (Lipinski definition) is 4. The second-order valence-electron chi connectivity index (χ2n) is 5.34. The lowest BCUT2D eigenvalue weighted by molar-refractivity contribution is 0.478. The van der Waals surface area contributed by atoms with Crippen LogP contribution in [0.4, 0.5) is 0 Å². The molecule has 2 aromatic carbocycles. The van der Waals surface area contributed by atoms with Crippen LogP contribution in [0.5, 0.6) is 0 Å². The maximum absolute atomic E-state index is 11.5. The summed E-state index contributed by atoms with van der Waals surface area (Å²) in [5.74, 6) is 0. The number of halogens is 2. The van der Waals surface area contributed by atoms with Crippen molar-refractivity contribution in [2.45, 2.75) is 11.8 Å². The van der Waals surface area contributed by atoms with Crippen LogP contribution in [0, 0.1) is 0 Å². The Morgan fingerprint density at radius 1 is 1.21 bits per heavy atom. The van der Waals surface area contributed by atoms with Crippen molar-refractivity contribution >= 4 is 60.5 Å².